The Morgan fingerprint density at radius 1 is 0.654 bits per heavy atom. The van der Waals surface area contributed by atoms with Crippen LogP contribution in [0.3, 0.4) is 0 Å². The Balaban J connectivity index is 1.79. The van der Waals surface area contributed by atoms with Crippen LogP contribution < -0.4 is 0 Å². The monoisotopic (exact) mass is 335 g/mol. The summed E-state index contributed by atoms with van der Waals surface area (Å²) in [5.74, 6) is 0. The standard InChI is InChI=1S/C25H21N/c1-2-3-6-19-15-26-16-24-13-22-11-20-9-17-7-4-5-8-18(17)10-21(20)12-23(22)14-25(19)24/h4-5,7-16H,2-3,6H2,1H3. The lowest BCUT2D eigenvalue weighted by Gasteiger charge is -2.09. The van der Waals surface area contributed by atoms with E-state index in [1.807, 2.05) is 12.4 Å². The Bertz CT molecular complexity index is 1270. The van der Waals surface area contributed by atoms with Gasteiger partial charge in [-0.05, 0) is 92.5 Å². The van der Waals surface area contributed by atoms with E-state index < -0.39 is 0 Å². The fourth-order valence-electron chi connectivity index (χ4n) is 3.99. The van der Waals surface area contributed by atoms with Crippen LogP contribution in [0.5, 0.6) is 0 Å². The first kappa shape index (κ1) is 15.3. The zero-order valence-corrected chi connectivity index (χ0v) is 15.0. The van der Waals surface area contributed by atoms with Crippen LogP contribution in [-0.4, -0.2) is 4.98 Å². The Kier molecular flexibility index (Phi) is 3.60. The molecule has 0 amide bonds. The summed E-state index contributed by atoms with van der Waals surface area (Å²) in [4.78, 5) is 4.48. The van der Waals surface area contributed by atoms with Crippen molar-refractivity contribution < 1.29 is 0 Å². The minimum atomic E-state index is 1.10. The number of nitrogens with zero attached hydrogens (tertiary/aromatic N) is 1. The predicted octanol–water partition coefficient (Wildman–Crippen LogP) is 7.04. The fourth-order valence-corrected chi connectivity index (χ4v) is 3.99. The van der Waals surface area contributed by atoms with Gasteiger partial charge in [0.1, 0.15) is 0 Å². The molecule has 1 aromatic heterocycles. The highest BCUT2D eigenvalue weighted by Gasteiger charge is 2.06. The molecule has 0 atom stereocenters. The summed E-state index contributed by atoms with van der Waals surface area (Å²) in [7, 11) is 0. The molecule has 1 nitrogen and oxygen atoms in total. The molecule has 0 radical (unpaired) electrons. The molecule has 0 fully saturated rings. The summed E-state index contributed by atoms with van der Waals surface area (Å²) in [5.41, 5.74) is 1.37. The fraction of sp³-hybridized carbons (Fsp3) is 0.160. The minimum absolute atomic E-state index is 1.10. The van der Waals surface area contributed by atoms with Crippen LogP contribution >= 0.6 is 0 Å². The van der Waals surface area contributed by atoms with Crippen LogP contribution in [0.1, 0.15) is 25.3 Å². The van der Waals surface area contributed by atoms with Gasteiger partial charge in [-0.15, -0.1) is 0 Å². The second kappa shape index (κ2) is 6.10. The highest BCUT2D eigenvalue weighted by atomic mass is 14.6. The maximum absolute atomic E-state index is 4.48. The van der Waals surface area contributed by atoms with E-state index in [2.05, 4.69) is 72.6 Å². The number of fused-ring (bicyclic) bond motifs is 4. The highest BCUT2D eigenvalue weighted by Crippen LogP contribution is 2.31. The molecule has 0 aliphatic carbocycles. The number of rotatable bonds is 3. The summed E-state index contributed by atoms with van der Waals surface area (Å²) >= 11 is 0. The Hall–Kier alpha value is -2.93. The van der Waals surface area contributed by atoms with Crippen molar-refractivity contribution in [1.82, 2.24) is 4.98 Å². The van der Waals surface area contributed by atoms with Crippen molar-refractivity contribution in [2.75, 3.05) is 0 Å². The minimum Gasteiger partial charge on any atom is -0.264 e. The van der Waals surface area contributed by atoms with E-state index in [0.717, 1.165) is 6.42 Å². The van der Waals surface area contributed by atoms with Crippen molar-refractivity contribution in [3.63, 3.8) is 0 Å². The summed E-state index contributed by atoms with van der Waals surface area (Å²) < 4.78 is 0. The molecule has 0 aliphatic heterocycles. The Morgan fingerprint density at radius 2 is 1.23 bits per heavy atom. The maximum atomic E-state index is 4.48. The van der Waals surface area contributed by atoms with Gasteiger partial charge in [0.2, 0.25) is 0 Å². The van der Waals surface area contributed by atoms with E-state index in [1.54, 1.807) is 0 Å². The van der Waals surface area contributed by atoms with Gasteiger partial charge < -0.3 is 0 Å². The van der Waals surface area contributed by atoms with Crippen LogP contribution in [0.15, 0.2) is 73.1 Å². The Labute approximate surface area is 153 Å². The SMILES string of the molecule is CCCCc1cncc2cc3cc4cc5ccccc5cc4cc3cc12. The molecule has 0 unspecified atom stereocenters. The van der Waals surface area contributed by atoms with Gasteiger partial charge in [-0.2, -0.15) is 0 Å². The molecule has 0 saturated carbocycles. The van der Waals surface area contributed by atoms with E-state index in [1.165, 1.54) is 61.5 Å². The number of hydrogen-bond acceptors (Lipinski definition) is 1. The molecule has 5 rings (SSSR count). The average molecular weight is 335 g/mol. The number of benzene rings is 4. The normalized spacial score (nSPS) is 11.7. The molecule has 0 N–H and O–H groups in total. The zero-order valence-electron chi connectivity index (χ0n) is 15.0. The topological polar surface area (TPSA) is 12.9 Å². The van der Waals surface area contributed by atoms with Gasteiger partial charge in [0.05, 0.1) is 0 Å². The van der Waals surface area contributed by atoms with Gasteiger partial charge in [0, 0.05) is 17.8 Å². The molecule has 4 aromatic carbocycles. The molecular weight excluding hydrogens is 314 g/mol. The van der Waals surface area contributed by atoms with Crippen molar-refractivity contribution in [2.24, 2.45) is 0 Å². The van der Waals surface area contributed by atoms with Crippen LogP contribution in [0, 0.1) is 0 Å². The number of aryl methyl sites for hydroxylation is 1. The lowest BCUT2D eigenvalue weighted by molar-refractivity contribution is 0.796. The van der Waals surface area contributed by atoms with Crippen LogP contribution in [-0.2, 0) is 6.42 Å². The third-order valence-electron chi connectivity index (χ3n) is 5.42. The lowest BCUT2D eigenvalue weighted by Crippen LogP contribution is -1.90. The summed E-state index contributed by atoms with van der Waals surface area (Å²) in [6, 6.07) is 22.5. The first-order valence-electron chi connectivity index (χ1n) is 9.45. The molecule has 0 aliphatic rings. The lowest BCUT2D eigenvalue weighted by atomic mass is 9.96. The van der Waals surface area contributed by atoms with Crippen LogP contribution in [0.2, 0.25) is 0 Å². The van der Waals surface area contributed by atoms with E-state index in [4.69, 9.17) is 0 Å². The summed E-state index contributed by atoms with van der Waals surface area (Å²) in [6.07, 6.45) is 7.56. The first-order valence-corrected chi connectivity index (χ1v) is 9.45. The Morgan fingerprint density at radius 3 is 1.88 bits per heavy atom. The van der Waals surface area contributed by atoms with Gasteiger partial charge in [0.25, 0.3) is 0 Å². The predicted molar refractivity (Wildman–Crippen MR) is 113 cm³/mol. The van der Waals surface area contributed by atoms with Crippen molar-refractivity contribution in [1.29, 1.82) is 0 Å². The van der Waals surface area contributed by atoms with E-state index in [0.29, 0.717) is 0 Å². The third-order valence-corrected chi connectivity index (χ3v) is 5.42. The molecule has 5 aromatic rings. The second-order valence-corrected chi connectivity index (χ2v) is 7.22. The first-order chi connectivity index (χ1) is 12.8. The molecule has 0 bridgehead atoms. The van der Waals surface area contributed by atoms with Crippen molar-refractivity contribution >= 4 is 43.1 Å². The molecular formula is C25H21N. The number of aromatic nitrogens is 1. The van der Waals surface area contributed by atoms with Crippen LogP contribution in [0.25, 0.3) is 43.1 Å². The number of hydrogen-bond donors (Lipinski definition) is 0. The van der Waals surface area contributed by atoms with Crippen molar-refractivity contribution in [2.45, 2.75) is 26.2 Å². The van der Waals surface area contributed by atoms with Gasteiger partial charge in [0.15, 0.2) is 0 Å². The number of unbranched alkanes of at least 4 members (excludes halogenated alkanes) is 1. The van der Waals surface area contributed by atoms with Gasteiger partial charge >= 0.3 is 0 Å². The van der Waals surface area contributed by atoms with Crippen LogP contribution in [0.4, 0.5) is 0 Å². The van der Waals surface area contributed by atoms with Gasteiger partial charge in [-0.1, -0.05) is 37.6 Å². The van der Waals surface area contributed by atoms with E-state index >= 15 is 0 Å². The largest absolute Gasteiger partial charge is 0.264 e. The molecule has 126 valence electrons. The molecule has 1 heteroatoms. The van der Waals surface area contributed by atoms with Gasteiger partial charge in [-0.3, -0.25) is 4.98 Å². The molecule has 0 saturated heterocycles. The second-order valence-electron chi connectivity index (χ2n) is 7.22. The van der Waals surface area contributed by atoms with E-state index in [-0.39, 0.29) is 0 Å². The van der Waals surface area contributed by atoms with Crippen molar-refractivity contribution in [3.05, 3.63) is 78.6 Å². The molecule has 26 heavy (non-hydrogen) atoms. The smallest absolute Gasteiger partial charge is 0.0346 e. The quantitative estimate of drug-likeness (QED) is 0.322. The summed E-state index contributed by atoms with van der Waals surface area (Å²) in [6.45, 7) is 2.24. The van der Waals surface area contributed by atoms with Crippen molar-refractivity contribution in [3.8, 4) is 0 Å². The molecule has 1 heterocycles. The zero-order chi connectivity index (χ0) is 17.5. The van der Waals surface area contributed by atoms with E-state index in [9.17, 15) is 0 Å². The third kappa shape index (κ3) is 2.52. The molecule has 0 spiro atoms. The average Bonchev–Trinajstić information content (AvgIpc) is 2.67. The maximum Gasteiger partial charge on any atom is 0.0346 e. The summed E-state index contributed by atoms with van der Waals surface area (Å²) in [5, 5.41) is 10.4. The number of pyridine rings is 1. The van der Waals surface area contributed by atoms with Gasteiger partial charge in [-0.25, -0.2) is 0 Å². The highest BCUT2D eigenvalue weighted by molar-refractivity contribution is 6.08.